The number of hydrogen-bond donors (Lipinski definition) is 1. The van der Waals surface area contributed by atoms with Gasteiger partial charge in [-0.15, -0.1) is 0 Å². The minimum Gasteiger partial charge on any atom is -0.389 e. The summed E-state index contributed by atoms with van der Waals surface area (Å²) in [6.07, 6.45) is 6.79. The van der Waals surface area contributed by atoms with Crippen LogP contribution in [0.4, 0.5) is 4.39 Å². The molecule has 114 valence electrons. The van der Waals surface area contributed by atoms with Gasteiger partial charge in [-0.25, -0.2) is 4.39 Å². The van der Waals surface area contributed by atoms with Crippen LogP contribution in [0.25, 0.3) is 0 Å². The molecule has 2 aliphatic rings. The smallest absolute Gasteiger partial charge is 0.128 e. The van der Waals surface area contributed by atoms with Gasteiger partial charge in [0.15, 0.2) is 0 Å². The molecule has 2 unspecified atom stereocenters. The van der Waals surface area contributed by atoms with Crippen molar-refractivity contribution in [3.05, 3.63) is 35.1 Å². The average Bonchev–Trinajstić information content (AvgIpc) is 2.49. The van der Waals surface area contributed by atoms with Crippen molar-refractivity contribution < 1.29 is 4.39 Å². The fourth-order valence-electron chi connectivity index (χ4n) is 3.89. The van der Waals surface area contributed by atoms with Crippen LogP contribution in [0.15, 0.2) is 18.2 Å². The van der Waals surface area contributed by atoms with Crippen molar-refractivity contribution in [3.8, 4) is 0 Å². The number of fused-ring (bicyclic) bond motifs is 1. The van der Waals surface area contributed by atoms with Gasteiger partial charge in [0.2, 0.25) is 0 Å². The van der Waals surface area contributed by atoms with E-state index in [0.717, 1.165) is 30.5 Å². The van der Waals surface area contributed by atoms with Gasteiger partial charge < -0.3 is 5.73 Å². The summed E-state index contributed by atoms with van der Waals surface area (Å²) in [4.78, 5) is 2.66. The normalized spacial score (nSPS) is 26.3. The largest absolute Gasteiger partial charge is 0.389 e. The first kappa shape index (κ1) is 14.9. The third kappa shape index (κ3) is 3.43. The summed E-state index contributed by atoms with van der Waals surface area (Å²) in [5, 5.41) is 0. The molecular weight excluding hydrogens is 283 g/mol. The molecular formula is C17H23FN2S. The zero-order valence-corrected chi connectivity index (χ0v) is 13.2. The zero-order valence-electron chi connectivity index (χ0n) is 12.4. The van der Waals surface area contributed by atoms with E-state index >= 15 is 0 Å². The summed E-state index contributed by atoms with van der Waals surface area (Å²) in [7, 11) is 0. The van der Waals surface area contributed by atoms with Gasteiger partial charge in [-0.05, 0) is 37.3 Å². The molecule has 2 nitrogen and oxygen atoms in total. The number of benzene rings is 1. The number of nitrogens with two attached hydrogens (primary N) is 1. The van der Waals surface area contributed by atoms with Crippen molar-refractivity contribution in [1.29, 1.82) is 0 Å². The van der Waals surface area contributed by atoms with E-state index in [1.807, 2.05) is 12.1 Å². The highest BCUT2D eigenvalue weighted by Crippen LogP contribution is 2.36. The highest BCUT2D eigenvalue weighted by molar-refractivity contribution is 7.80. The fraction of sp³-hybridized carbons (Fsp3) is 0.588. The summed E-state index contributed by atoms with van der Waals surface area (Å²) in [6, 6.07) is 5.12. The third-order valence-electron chi connectivity index (χ3n) is 5.11. The summed E-state index contributed by atoms with van der Waals surface area (Å²) in [5.74, 6) is 1.55. The average molecular weight is 306 g/mol. The van der Waals surface area contributed by atoms with Crippen molar-refractivity contribution in [1.82, 2.24) is 4.90 Å². The quantitative estimate of drug-likeness (QED) is 0.867. The molecule has 1 aromatic carbocycles. The Hall–Kier alpha value is -1.00. The number of likely N-dealkylation sites (tertiary alicyclic amines) is 1. The lowest BCUT2D eigenvalue weighted by Gasteiger charge is -2.41. The zero-order chi connectivity index (χ0) is 14.8. The number of nitrogens with zero attached hydrogens (tertiary/aromatic N) is 1. The van der Waals surface area contributed by atoms with Crippen LogP contribution < -0.4 is 5.73 Å². The Bertz CT molecular complexity index is 532. The molecule has 3 rings (SSSR count). The lowest BCUT2D eigenvalue weighted by atomic mass is 9.75. The van der Waals surface area contributed by atoms with Crippen molar-refractivity contribution >= 4 is 17.2 Å². The molecule has 0 aromatic heterocycles. The molecule has 0 bridgehead atoms. The second-order valence-corrected chi connectivity index (χ2v) is 6.94. The second-order valence-electron chi connectivity index (χ2n) is 6.50. The Morgan fingerprint density at radius 1 is 1.24 bits per heavy atom. The van der Waals surface area contributed by atoms with E-state index in [2.05, 4.69) is 4.90 Å². The molecule has 2 N–H and O–H groups in total. The van der Waals surface area contributed by atoms with Crippen LogP contribution in [0.1, 0.15) is 43.2 Å². The molecule has 2 atom stereocenters. The number of rotatable bonds is 3. The van der Waals surface area contributed by atoms with Crippen LogP contribution in [0.5, 0.6) is 0 Å². The predicted octanol–water partition coefficient (Wildman–Crippen LogP) is 3.47. The Morgan fingerprint density at radius 2 is 2.00 bits per heavy atom. The summed E-state index contributed by atoms with van der Waals surface area (Å²) in [5.41, 5.74) is 6.91. The lowest BCUT2D eigenvalue weighted by molar-refractivity contribution is 0.0813. The maximum atomic E-state index is 14.2. The number of thiocarbonyl (C=S) groups is 1. The van der Waals surface area contributed by atoms with Gasteiger partial charge in [0.25, 0.3) is 0 Å². The van der Waals surface area contributed by atoms with Crippen LogP contribution in [0.3, 0.4) is 0 Å². The van der Waals surface area contributed by atoms with Gasteiger partial charge in [-0.1, -0.05) is 43.6 Å². The fourth-order valence-corrected chi connectivity index (χ4v) is 4.02. The van der Waals surface area contributed by atoms with E-state index < -0.39 is 0 Å². The maximum Gasteiger partial charge on any atom is 0.128 e. The molecule has 0 radical (unpaired) electrons. The molecule has 1 aliphatic carbocycles. The highest BCUT2D eigenvalue weighted by atomic mass is 32.1. The summed E-state index contributed by atoms with van der Waals surface area (Å²) >= 11 is 4.89. The van der Waals surface area contributed by atoms with E-state index in [0.29, 0.717) is 12.1 Å². The van der Waals surface area contributed by atoms with Crippen LogP contribution in [0.2, 0.25) is 0 Å². The minimum atomic E-state index is -0.189. The van der Waals surface area contributed by atoms with Gasteiger partial charge in [0.1, 0.15) is 10.8 Å². The topological polar surface area (TPSA) is 29.3 Å². The van der Waals surface area contributed by atoms with Crippen LogP contribution in [-0.2, 0) is 6.54 Å². The summed E-state index contributed by atoms with van der Waals surface area (Å²) < 4.78 is 14.2. The molecule has 1 aromatic rings. The lowest BCUT2D eigenvalue weighted by Crippen LogP contribution is -2.41. The Balaban J connectivity index is 1.65. The van der Waals surface area contributed by atoms with Gasteiger partial charge in [0, 0.05) is 24.2 Å². The monoisotopic (exact) mass is 306 g/mol. The Kier molecular flexibility index (Phi) is 4.55. The summed E-state index contributed by atoms with van der Waals surface area (Å²) in [6.45, 7) is 2.92. The molecule has 2 fully saturated rings. The van der Waals surface area contributed by atoms with E-state index in [4.69, 9.17) is 18.0 Å². The first-order valence-electron chi connectivity index (χ1n) is 7.94. The van der Waals surface area contributed by atoms with Crippen LogP contribution in [-0.4, -0.2) is 23.0 Å². The maximum absolute atomic E-state index is 14.2. The third-order valence-corrected chi connectivity index (χ3v) is 5.34. The first-order chi connectivity index (χ1) is 10.1. The molecule has 1 aliphatic heterocycles. The number of piperidine rings is 1. The van der Waals surface area contributed by atoms with Crippen molar-refractivity contribution in [3.63, 3.8) is 0 Å². The second kappa shape index (κ2) is 6.41. The van der Waals surface area contributed by atoms with Gasteiger partial charge in [-0.3, -0.25) is 4.90 Å². The van der Waals surface area contributed by atoms with Crippen LogP contribution in [0, 0.1) is 17.7 Å². The number of halogens is 1. The van der Waals surface area contributed by atoms with Crippen molar-refractivity contribution in [2.75, 3.05) is 13.1 Å². The molecule has 0 spiro atoms. The van der Waals surface area contributed by atoms with Gasteiger partial charge in [-0.2, -0.15) is 0 Å². The minimum absolute atomic E-state index is 0.189. The molecule has 1 heterocycles. The molecule has 4 heteroatoms. The molecule has 21 heavy (non-hydrogen) atoms. The molecule has 1 saturated heterocycles. The highest BCUT2D eigenvalue weighted by Gasteiger charge is 2.31. The van der Waals surface area contributed by atoms with Gasteiger partial charge in [0.05, 0.1) is 0 Å². The van der Waals surface area contributed by atoms with E-state index in [9.17, 15) is 4.39 Å². The Labute approximate surface area is 131 Å². The first-order valence-corrected chi connectivity index (χ1v) is 8.35. The SMILES string of the molecule is NC(=S)c1ccc(CN2CCC3CCCCC3C2)c(F)c1. The standard InChI is InChI=1S/C17H23FN2S/c18-16-9-13(17(19)21)5-6-15(16)11-20-8-7-12-3-1-2-4-14(12)10-20/h5-6,9,12,14H,1-4,7-8,10-11H2,(H2,19,21). The van der Waals surface area contributed by atoms with E-state index in [1.165, 1.54) is 38.2 Å². The van der Waals surface area contributed by atoms with Crippen LogP contribution >= 0.6 is 12.2 Å². The van der Waals surface area contributed by atoms with E-state index in [-0.39, 0.29) is 10.8 Å². The van der Waals surface area contributed by atoms with E-state index in [1.54, 1.807) is 0 Å². The molecule has 1 saturated carbocycles. The van der Waals surface area contributed by atoms with Crippen molar-refractivity contribution in [2.24, 2.45) is 17.6 Å². The molecule has 0 amide bonds. The Morgan fingerprint density at radius 3 is 2.71 bits per heavy atom. The van der Waals surface area contributed by atoms with Crippen molar-refractivity contribution in [2.45, 2.75) is 38.6 Å². The predicted molar refractivity (Wildman–Crippen MR) is 87.6 cm³/mol. The number of hydrogen-bond acceptors (Lipinski definition) is 2. The van der Waals surface area contributed by atoms with Gasteiger partial charge >= 0.3 is 0 Å².